The maximum Gasteiger partial charge on any atom is 0.318 e. The summed E-state index contributed by atoms with van der Waals surface area (Å²) in [6.45, 7) is 0.246. The van der Waals surface area contributed by atoms with Crippen LogP contribution < -0.4 is 21.5 Å². The first-order valence-corrected chi connectivity index (χ1v) is 9.69. The van der Waals surface area contributed by atoms with Gasteiger partial charge in [0.2, 0.25) is 5.91 Å². The maximum atomic E-state index is 11.7. The third-order valence-electron chi connectivity index (χ3n) is 4.39. The number of carbonyl (C=O) groups is 2. The van der Waals surface area contributed by atoms with Crippen LogP contribution in [0.15, 0.2) is 24.3 Å². The number of rotatable bonds is 5. The summed E-state index contributed by atoms with van der Waals surface area (Å²) in [5.74, 6) is -0.629. The number of carbonyl (C=O) groups excluding carboxylic acids is 2. The van der Waals surface area contributed by atoms with Crippen LogP contribution in [-0.2, 0) is 4.79 Å². The van der Waals surface area contributed by atoms with Crippen molar-refractivity contribution in [3.8, 4) is 17.3 Å². The Morgan fingerprint density at radius 1 is 1.39 bits per heavy atom. The second-order valence-corrected chi connectivity index (χ2v) is 7.80. The van der Waals surface area contributed by atoms with Crippen LogP contribution in [0.4, 0.5) is 5.69 Å². The highest BCUT2D eigenvalue weighted by Crippen LogP contribution is 2.39. The van der Waals surface area contributed by atoms with Crippen molar-refractivity contribution in [2.45, 2.75) is 18.9 Å². The number of nitrogens with one attached hydrogen (secondary N) is 1. The van der Waals surface area contributed by atoms with Gasteiger partial charge >= 0.3 is 6.01 Å². The van der Waals surface area contributed by atoms with Gasteiger partial charge in [-0.05, 0) is 18.6 Å². The van der Waals surface area contributed by atoms with Gasteiger partial charge in [-0.25, -0.2) is 0 Å². The topological polar surface area (TPSA) is 133 Å². The minimum atomic E-state index is -0.631. The lowest BCUT2D eigenvalue weighted by Crippen LogP contribution is -2.31. The predicted molar refractivity (Wildman–Crippen MR) is 107 cm³/mol. The van der Waals surface area contributed by atoms with E-state index < -0.39 is 5.91 Å². The summed E-state index contributed by atoms with van der Waals surface area (Å²) < 4.78 is 5.73. The van der Waals surface area contributed by atoms with Crippen molar-refractivity contribution < 1.29 is 14.3 Å². The lowest BCUT2D eigenvalue weighted by atomic mass is 10.1. The monoisotopic (exact) mass is 417 g/mol. The lowest BCUT2D eigenvalue weighted by molar-refractivity contribution is -0.119. The molecule has 1 atom stereocenters. The summed E-state index contributed by atoms with van der Waals surface area (Å²) in [5, 5.41) is 3.89. The van der Waals surface area contributed by atoms with Gasteiger partial charge in [0.25, 0.3) is 5.91 Å². The van der Waals surface area contributed by atoms with E-state index in [1.54, 1.807) is 18.2 Å². The van der Waals surface area contributed by atoms with Crippen LogP contribution in [0.1, 0.15) is 22.5 Å². The van der Waals surface area contributed by atoms with Crippen molar-refractivity contribution in [1.82, 2.24) is 15.3 Å². The van der Waals surface area contributed by atoms with Crippen molar-refractivity contribution in [3.05, 3.63) is 34.2 Å². The number of benzene rings is 1. The number of anilines is 1. The van der Waals surface area contributed by atoms with Crippen molar-refractivity contribution >= 4 is 50.7 Å². The maximum absolute atomic E-state index is 11.7. The summed E-state index contributed by atoms with van der Waals surface area (Å²) in [5.41, 5.74) is 13.0. The Kier molecular flexibility index (Phi) is 4.78. The number of primary amides is 1. The Labute approximate surface area is 168 Å². The molecule has 0 spiro atoms. The molecule has 28 heavy (non-hydrogen) atoms. The van der Waals surface area contributed by atoms with Crippen LogP contribution in [0, 0.1) is 0 Å². The fourth-order valence-electron chi connectivity index (χ4n) is 3.07. The summed E-state index contributed by atoms with van der Waals surface area (Å²) in [6.07, 6.45) is 1.17. The zero-order chi connectivity index (χ0) is 19.8. The molecule has 0 unspecified atom stereocenters. The molecule has 2 amide bonds. The molecule has 3 heterocycles. The summed E-state index contributed by atoms with van der Waals surface area (Å²) in [6, 6.07) is 7.14. The lowest BCUT2D eigenvalue weighted by Gasteiger charge is -2.12. The van der Waals surface area contributed by atoms with E-state index >= 15 is 0 Å². The average molecular weight is 418 g/mol. The molecule has 1 fully saturated rings. The summed E-state index contributed by atoms with van der Waals surface area (Å²) >= 11 is 7.21. The van der Waals surface area contributed by atoms with E-state index in [-0.39, 0.29) is 35.1 Å². The first-order valence-electron chi connectivity index (χ1n) is 8.50. The van der Waals surface area contributed by atoms with Gasteiger partial charge in [-0.2, -0.15) is 9.97 Å². The summed E-state index contributed by atoms with van der Waals surface area (Å²) in [7, 11) is 0. The second-order valence-electron chi connectivity index (χ2n) is 6.37. The van der Waals surface area contributed by atoms with E-state index in [1.165, 1.54) is 0 Å². The molecular formula is C18H16ClN5O3S. The molecule has 5 N–H and O–H groups in total. The van der Waals surface area contributed by atoms with Crippen LogP contribution in [0.5, 0.6) is 6.01 Å². The molecule has 10 heteroatoms. The van der Waals surface area contributed by atoms with Crippen LogP contribution >= 0.6 is 22.9 Å². The first-order chi connectivity index (χ1) is 13.4. The smallest absolute Gasteiger partial charge is 0.318 e. The highest BCUT2D eigenvalue weighted by molar-refractivity contribution is 7.21. The van der Waals surface area contributed by atoms with Crippen LogP contribution in [-0.4, -0.2) is 34.4 Å². The van der Waals surface area contributed by atoms with Gasteiger partial charge < -0.3 is 21.5 Å². The largest absolute Gasteiger partial charge is 0.461 e. The fourth-order valence-corrected chi connectivity index (χ4v) is 4.20. The number of thiophene rings is 1. The first kappa shape index (κ1) is 18.5. The molecule has 1 aromatic carbocycles. The normalized spacial score (nSPS) is 16.3. The third-order valence-corrected chi connectivity index (χ3v) is 5.74. The van der Waals surface area contributed by atoms with E-state index in [1.807, 2.05) is 6.07 Å². The molecule has 144 valence electrons. The molecule has 0 saturated carbocycles. The van der Waals surface area contributed by atoms with Crippen molar-refractivity contribution in [3.63, 3.8) is 0 Å². The van der Waals surface area contributed by atoms with Crippen molar-refractivity contribution in [2.24, 2.45) is 5.73 Å². The molecule has 4 rings (SSSR count). The number of halogens is 1. The zero-order valence-electron chi connectivity index (χ0n) is 14.6. The number of nitrogens with two attached hydrogens (primary N) is 2. The number of nitrogens with zero attached hydrogens (tertiary/aromatic N) is 2. The van der Waals surface area contributed by atoms with Gasteiger partial charge in [0.1, 0.15) is 16.3 Å². The molecule has 3 aromatic rings. The standard InChI is InChI=1S/C18H16ClN5O3S/c19-9-3-1-2-8(6-9)14-12-13(20)15(16(21)26)28-17(12)24-18(23-14)27-7-10-4-5-11(25)22-10/h1-3,6,10H,4-5,7,20H2,(H2,21,26)(H,22,25)/t10-/m1/s1. The number of hydrogen-bond donors (Lipinski definition) is 3. The molecule has 0 radical (unpaired) electrons. The van der Waals surface area contributed by atoms with Gasteiger partial charge in [0.15, 0.2) is 0 Å². The van der Waals surface area contributed by atoms with E-state index in [2.05, 4.69) is 15.3 Å². The molecule has 1 aliphatic rings. The van der Waals surface area contributed by atoms with Gasteiger partial charge in [-0.1, -0.05) is 23.7 Å². The molecule has 0 bridgehead atoms. The Morgan fingerprint density at radius 2 is 2.21 bits per heavy atom. The van der Waals surface area contributed by atoms with Crippen molar-refractivity contribution in [1.29, 1.82) is 0 Å². The number of fused-ring (bicyclic) bond motifs is 1. The fraction of sp³-hybridized carbons (Fsp3) is 0.222. The average Bonchev–Trinajstić information content (AvgIpc) is 3.22. The molecule has 1 saturated heterocycles. The van der Waals surface area contributed by atoms with Gasteiger partial charge in [0.05, 0.1) is 22.8 Å². The van der Waals surface area contributed by atoms with E-state index in [9.17, 15) is 9.59 Å². The Bertz CT molecular complexity index is 1100. The Balaban J connectivity index is 1.79. The molecule has 0 aliphatic carbocycles. The van der Waals surface area contributed by atoms with Crippen LogP contribution in [0.3, 0.4) is 0 Å². The van der Waals surface area contributed by atoms with Gasteiger partial charge in [-0.15, -0.1) is 11.3 Å². The molecular weight excluding hydrogens is 402 g/mol. The highest BCUT2D eigenvalue weighted by atomic mass is 35.5. The SMILES string of the molecule is NC(=O)c1sc2nc(OC[C@H]3CCC(=O)N3)nc(-c3cccc(Cl)c3)c2c1N. The van der Waals surface area contributed by atoms with Crippen LogP contribution in [0.2, 0.25) is 5.02 Å². The minimum absolute atomic E-state index is 0.00159. The number of ether oxygens (including phenoxy) is 1. The zero-order valence-corrected chi connectivity index (χ0v) is 16.1. The molecule has 1 aliphatic heterocycles. The van der Waals surface area contributed by atoms with Gasteiger partial charge in [0, 0.05) is 17.0 Å². The predicted octanol–water partition coefficient (Wildman–Crippen LogP) is 2.35. The van der Waals surface area contributed by atoms with E-state index in [4.69, 9.17) is 27.8 Å². The number of hydrogen-bond acceptors (Lipinski definition) is 7. The highest BCUT2D eigenvalue weighted by Gasteiger charge is 2.24. The Hall–Kier alpha value is -2.91. The Morgan fingerprint density at radius 3 is 2.89 bits per heavy atom. The van der Waals surface area contributed by atoms with E-state index in [0.717, 1.165) is 11.3 Å². The van der Waals surface area contributed by atoms with Crippen LogP contribution in [0.25, 0.3) is 21.5 Å². The number of aromatic nitrogens is 2. The third kappa shape index (κ3) is 3.46. The second kappa shape index (κ2) is 7.25. The van der Waals surface area contributed by atoms with Crippen molar-refractivity contribution in [2.75, 3.05) is 12.3 Å². The van der Waals surface area contributed by atoms with Gasteiger partial charge in [-0.3, -0.25) is 9.59 Å². The minimum Gasteiger partial charge on any atom is -0.461 e. The summed E-state index contributed by atoms with van der Waals surface area (Å²) in [4.78, 5) is 32.6. The quantitative estimate of drug-likeness (QED) is 0.583. The molecule has 2 aromatic heterocycles. The number of amides is 2. The molecule has 8 nitrogen and oxygen atoms in total. The number of nitrogen functional groups attached to an aromatic ring is 1. The van der Waals surface area contributed by atoms with E-state index in [0.29, 0.717) is 39.3 Å².